The van der Waals surface area contributed by atoms with Crippen molar-refractivity contribution in [2.24, 2.45) is 18.0 Å². The lowest BCUT2D eigenvalue weighted by Crippen LogP contribution is -2.40. The fraction of sp³-hybridized carbons (Fsp3) is 0.524. The van der Waals surface area contributed by atoms with E-state index in [1.54, 1.807) is 0 Å². The maximum atomic E-state index is 4.87. The van der Waals surface area contributed by atoms with Gasteiger partial charge in [0.05, 0.1) is 6.20 Å². The molecular formula is C21H32IN5. The minimum Gasteiger partial charge on any atom is -0.357 e. The molecule has 0 spiro atoms. The average molecular weight is 481 g/mol. The molecule has 3 rings (SSSR count). The van der Waals surface area contributed by atoms with Crippen molar-refractivity contribution < 1.29 is 0 Å². The summed E-state index contributed by atoms with van der Waals surface area (Å²) in [5.41, 5.74) is 3.99. The van der Waals surface area contributed by atoms with Crippen LogP contribution in [0.25, 0.3) is 0 Å². The van der Waals surface area contributed by atoms with Crippen molar-refractivity contribution in [2.75, 3.05) is 26.2 Å². The van der Waals surface area contributed by atoms with Crippen LogP contribution in [0.3, 0.4) is 0 Å². The molecule has 1 aromatic carbocycles. The van der Waals surface area contributed by atoms with Gasteiger partial charge in [-0.1, -0.05) is 29.8 Å². The van der Waals surface area contributed by atoms with Gasteiger partial charge in [-0.3, -0.25) is 9.67 Å². The van der Waals surface area contributed by atoms with Crippen molar-refractivity contribution in [1.82, 2.24) is 20.0 Å². The second-order valence-corrected chi connectivity index (χ2v) is 7.30. The van der Waals surface area contributed by atoms with Gasteiger partial charge >= 0.3 is 0 Å². The number of likely N-dealkylation sites (tertiary alicyclic amines) is 1. The van der Waals surface area contributed by atoms with E-state index in [0.29, 0.717) is 5.92 Å². The summed E-state index contributed by atoms with van der Waals surface area (Å²) in [4.78, 5) is 7.29. The first-order valence-corrected chi connectivity index (χ1v) is 9.70. The number of hydrogen-bond donors (Lipinski definition) is 1. The number of halogens is 1. The van der Waals surface area contributed by atoms with Crippen LogP contribution in [0.1, 0.15) is 30.0 Å². The van der Waals surface area contributed by atoms with Gasteiger partial charge in [-0.15, -0.1) is 24.0 Å². The van der Waals surface area contributed by atoms with Crippen LogP contribution in [-0.4, -0.2) is 46.8 Å². The molecule has 5 nitrogen and oxygen atoms in total. The van der Waals surface area contributed by atoms with Crippen molar-refractivity contribution >= 4 is 29.9 Å². The monoisotopic (exact) mass is 481 g/mol. The fourth-order valence-corrected chi connectivity index (χ4v) is 3.57. The van der Waals surface area contributed by atoms with Crippen molar-refractivity contribution in [3.05, 3.63) is 53.3 Å². The SMILES string of the molecule is CCNC(=NCCc1ccc(C)cc1)N1CCC(Cc2cnn(C)c2)C1.I. The lowest BCUT2D eigenvalue weighted by atomic mass is 10.0. The third-order valence-corrected chi connectivity index (χ3v) is 4.99. The summed E-state index contributed by atoms with van der Waals surface area (Å²) in [6.07, 6.45) is 7.43. The van der Waals surface area contributed by atoms with Gasteiger partial charge in [0.15, 0.2) is 5.96 Å². The number of aliphatic imine (C=N–C) groups is 1. The molecule has 148 valence electrons. The third-order valence-electron chi connectivity index (χ3n) is 4.99. The fourth-order valence-electron chi connectivity index (χ4n) is 3.57. The van der Waals surface area contributed by atoms with Crippen molar-refractivity contribution in [3.63, 3.8) is 0 Å². The van der Waals surface area contributed by atoms with Crippen LogP contribution in [0, 0.1) is 12.8 Å². The molecule has 1 fully saturated rings. The van der Waals surface area contributed by atoms with E-state index in [1.807, 2.05) is 17.9 Å². The summed E-state index contributed by atoms with van der Waals surface area (Å²) in [5, 5.41) is 7.75. The highest BCUT2D eigenvalue weighted by Gasteiger charge is 2.25. The summed E-state index contributed by atoms with van der Waals surface area (Å²) in [6.45, 7) is 8.16. The Morgan fingerprint density at radius 2 is 2.04 bits per heavy atom. The van der Waals surface area contributed by atoms with E-state index >= 15 is 0 Å². The molecule has 1 atom stereocenters. The zero-order valence-corrected chi connectivity index (χ0v) is 19.0. The quantitative estimate of drug-likeness (QED) is 0.391. The van der Waals surface area contributed by atoms with Gasteiger partial charge in [-0.2, -0.15) is 5.10 Å². The number of nitrogens with zero attached hydrogens (tertiary/aromatic N) is 4. The molecule has 2 heterocycles. The Labute approximate surface area is 180 Å². The molecule has 1 unspecified atom stereocenters. The molecule has 1 N–H and O–H groups in total. The van der Waals surface area contributed by atoms with Crippen LogP contribution >= 0.6 is 24.0 Å². The minimum absolute atomic E-state index is 0. The van der Waals surface area contributed by atoms with Gasteiger partial charge in [0, 0.05) is 39.4 Å². The van der Waals surface area contributed by atoms with Crippen LogP contribution < -0.4 is 5.32 Å². The Kier molecular flexibility index (Phi) is 8.60. The number of aryl methyl sites for hydroxylation is 2. The first-order valence-electron chi connectivity index (χ1n) is 9.70. The molecule has 0 radical (unpaired) electrons. The van der Waals surface area contributed by atoms with Crippen LogP contribution in [0.5, 0.6) is 0 Å². The standard InChI is InChI=1S/C21H31N5.HI/c1-4-22-21(23-11-9-18-7-5-17(2)6-8-18)26-12-10-19(16-26)13-20-14-24-25(3)15-20;/h5-8,14-15,19H,4,9-13,16H2,1-3H3,(H,22,23);1H. The average Bonchev–Trinajstić information content (AvgIpc) is 3.25. The van der Waals surface area contributed by atoms with E-state index in [0.717, 1.165) is 45.0 Å². The van der Waals surface area contributed by atoms with E-state index in [2.05, 4.69) is 59.6 Å². The maximum Gasteiger partial charge on any atom is 0.193 e. The number of benzene rings is 1. The Hall–Kier alpha value is -1.57. The van der Waals surface area contributed by atoms with Crippen molar-refractivity contribution in [2.45, 2.75) is 33.1 Å². The number of aromatic nitrogens is 2. The lowest BCUT2D eigenvalue weighted by Gasteiger charge is -2.21. The van der Waals surface area contributed by atoms with Crippen molar-refractivity contribution in [1.29, 1.82) is 0 Å². The van der Waals surface area contributed by atoms with Gasteiger partial charge in [0.2, 0.25) is 0 Å². The van der Waals surface area contributed by atoms with Crippen LogP contribution in [-0.2, 0) is 19.9 Å². The Bertz CT molecular complexity index is 722. The lowest BCUT2D eigenvalue weighted by molar-refractivity contribution is 0.460. The summed E-state index contributed by atoms with van der Waals surface area (Å²) >= 11 is 0. The van der Waals surface area contributed by atoms with Crippen molar-refractivity contribution in [3.8, 4) is 0 Å². The number of rotatable bonds is 6. The minimum atomic E-state index is 0. The van der Waals surface area contributed by atoms with Gasteiger partial charge in [0.25, 0.3) is 0 Å². The largest absolute Gasteiger partial charge is 0.357 e. The van der Waals surface area contributed by atoms with Gasteiger partial charge in [-0.25, -0.2) is 0 Å². The molecular weight excluding hydrogens is 449 g/mol. The molecule has 0 bridgehead atoms. The van der Waals surface area contributed by atoms with Crippen LogP contribution in [0.2, 0.25) is 0 Å². The number of guanidine groups is 1. The van der Waals surface area contributed by atoms with E-state index in [4.69, 9.17) is 4.99 Å². The second-order valence-electron chi connectivity index (χ2n) is 7.30. The number of nitrogens with one attached hydrogen (secondary N) is 1. The first kappa shape index (κ1) is 21.7. The molecule has 27 heavy (non-hydrogen) atoms. The first-order chi connectivity index (χ1) is 12.6. The summed E-state index contributed by atoms with van der Waals surface area (Å²) in [5.74, 6) is 1.74. The normalized spacial score (nSPS) is 17.1. The molecule has 1 aliphatic rings. The zero-order valence-electron chi connectivity index (χ0n) is 16.7. The van der Waals surface area contributed by atoms with E-state index in [-0.39, 0.29) is 24.0 Å². The highest BCUT2D eigenvalue weighted by molar-refractivity contribution is 14.0. The predicted octanol–water partition coefficient (Wildman–Crippen LogP) is 3.42. The molecule has 2 aromatic rings. The molecule has 1 aliphatic heterocycles. The Morgan fingerprint density at radius 3 is 2.70 bits per heavy atom. The van der Waals surface area contributed by atoms with E-state index in [1.165, 1.54) is 23.1 Å². The zero-order chi connectivity index (χ0) is 18.4. The summed E-state index contributed by atoms with van der Waals surface area (Å²) in [6, 6.07) is 8.76. The molecule has 1 aromatic heterocycles. The highest BCUT2D eigenvalue weighted by Crippen LogP contribution is 2.20. The number of hydrogen-bond acceptors (Lipinski definition) is 2. The second kappa shape index (κ2) is 10.7. The predicted molar refractivity (Wildman–Crippen MR) is 123 cm³/mol. The van der Waals surface area contributed by atoms with E-state index < -0.39 is 0 Å². The molecule has 0 amide bonds. The molecule has 6 heteroatoms. The molecule has 1 saturated heterocycles. The summed E-state index contributed by atoms with van der Waals surface area (Å²) < 4.78 is 1.89. The maximum absolute atomic E-state index is 4.87. The Morgan fingerprint density at radius 1 is 1.26 bits per heavy atom. The van der Waals surface area contributed by atoms with Crippen LogP contribution in [0.15, 0.2) is 41.7 Å². The van der Waals surface area contributed by atoms with Gasteiger partial charge in [0.1, 0.15) is 0 Å². The molecule has 0 aliphatic carbocycles. The summed E-state index contributed by atoms with van der Waals surface area (Å²) in [7, 11) is 1.98. The topological polar surface area (TPSA) is 45.5 Å². The third kappa shape index (κ3) is 6.52. The molecule has 0 saturated carbocycles. The van der Waals surface area contributed by atoms with Gasteiger partial charge in [-0.05, 0) is 50.2 Å². The highest BCUT2D eigenvalue weighted by atomic mass is 127. The smallest absolute Gasteiger partial charge is 0.193 e. The van der Waals surface area contributed by atoms with E-state index in [9.17, 15) is 0 Å². The van der Waals surface area contributed by atoms with Crippen LogP contribution in [0.4, 0.5) is 0 Å². The Balaban J connectivity index is 0.00000261. The van der Waals surface area contributed by atoms with Gasteiger partial charge < -0.3 is 10.2 Å².